The molecular formula is C49H54N12O2. The lowest BCUT2D eigenvalue weighted by molar-refractivity contribution is -0.135. The lowest BCUT2D eigenvalue weighted by Gasteiger charge is -2.42. The third kappa shape index (κ3) is 7.05. The van der Waals surface area contributed by atoms with Gasteiger partial charge in [0.05, 0.1) is 41.2 Å². The molecule has 63 heavy (non-hydrogen) atoms. The lowest BCUT2D eigenvalue weighted by atomic mass is 9.89. The van der Waals surface area contributed by atoms with Crippen LogP contribution in [-0.2, 0) is 40.9 Å². The highest BCUT2D eigenvalue weighted by Gasteiger charge is 2.40. The molecule has 7 aromatic rings. The van der Waals surface area contributed by atoms with Crippen LogP contribution in [0.1, 0.15) is 59.0 Å². The molecule has 3 aromatic carbocycles. The zero-order valence-corrected chi connectivity index (χ0v) is 36.2. The van der Waals surface area contributed by atoms with Crippen LogP contribution in [0.25, 0.3) is 22.1 Å². The number of nitrogens with zero attached hydrogens (tertiary/aromatic N) is 9. The van der Waals surface area contributed by atoms with E-state index >= 15 is 0 Å². The van der Waals surface area contributed by atoms with Gasteiger partial charge in [-0.25, -0.2) is 9.97 Å². The van der Waals surface area contributed by atoms with Gasteiger partial charge in [-0.2, -0.15) is 19.2 Å². The van der Waals surface area contributed by atoms with Gasteiger partial charge in [0.25, 0.3) is 0 Å². The quantitative estimate of drug-likeness (QED) is 0.191. The molecule has 0 bridgehead atoms. The van der Waals surface area contributed by atoms with E-state index in [0.717, 1.165) is 102 Å². The van der Waals surface area contributed by atoms with Crippen LogP contribution in [0.15, 0.2) is 91.3 Å². The minimum absolute atomic E-state index is 0.0154. The van der Waals surface area contributed by atoms with Crippen LogP contribution in [0.3, 0.4) is 0 Å². The summed E-state index contributed by atoms with van der Waals surface area (Å²) < 4.78 is 3.91. The minimum atomic E-state index is -0.471. The Morgan fingerprint density at radius 1 is 0.762 bits per heavy atom. The predicted octanol–water partition coefficient (Wildman–Crippen LogP) is 4.47. The van der Waals surface area contributed by atoms with Crippen LogP contribution in [0, 0.1) is 11.8 Å². The van der Waals surface area contributed by atoms with Gasteiger partial charge in [-0.05, 0) is 67.2 Å². The second kappa shape index (κ2) is 15.8. The topological polar surface area (TPSA) is 140 Å². The molecule has 4 aliphatic heterocycles. The molecule has 0 saturated carbocycles. The summed E-state index contributed by atoms with van der Waals surface area (Å²) in [6, 6.07) is 27.3. The first-order chi connectivity index (χ1) is 30.7. The van der Waals surface area contributed by atoms with Gasteiger partial charge >= 0.3 is 0 Å². The monoisotopic (exact) mass is 842 g/mol. The van der Waals surface area contributed by atoms with E-state index in [1.165, 1.54) is 16.7 Å². The zero-order valence-electron chi connectivity index (χ0n) is 36.2. The minimum Gasteiger partial charge on any atom is -0.354 e. The van der Waals surface area contributed by atoms with Gasteiger partial charge in [0.1, 0.15) is 11.6 Å². The van der Waals surface area contributed by atoms with E-state index in [9.17, 15) is 9.59 Å². The van der Waals surface area contributed by atoms with Crippen molar-refractivity contribution < 1.29 is 9.59 Å². The van der Waals surface area contributed by atoms with Gasteiger partial charge < -0.3 is 30.7 Å². The van der Waals surface area contributed by atoms with Gasteiger partial charge in [-0.15, -0.1) is 0 Å². The van der Waals surface area contributed by atoms with Gasteiger partial charge in [-0.3, -0.25) is 9.59 Å². The normalized spacial score (nSPS) is 18.4. The highest BCUT2D eigenvalue weighted by Crippen LogP contribution is 2.38. The number of aromatic nitrogens is 6. The third-order valence-corrected chi connectivity index (χ3v) is 13.8. The molecular weight excluding hydrogens is 789 g/mol. The molecule has 14 nitrogen and oxygen atoms in total. The molecule has 2 amide bonds. The zero-order chi connectivity index (χ0) is 42.8. The summed E-state index contributed by atoms with van der Waals surface area (Å²) in [6.07, 6.45) is 6.23. The SMILES string of the molecule is CN(Cc1cccc2cc(C3CNCCc4c3nc3ccnn3c4N3CC(C(=O)NC(C)(C)c4ccccc4)C3)ccc12)C(=O)C1CN(c2c3c(nc4ccnn24)CCNCC3)C1. The number of nitrogens with one attached hydrogen (secondary N) is 3. The van der Waals surface area contributed by atoms with Gasteiger partial charge in [-0.1, -0.05) is 66.7 Å². The standard InChI is InChI=1S/C49H54N12O2/c1-49(2,36-10-5-4-6-11-36)56-45(62)34-27-58(28-34)47-39-15-20-51-25-40(44(39)55-43-18-23-53-61(43)47)32-12-13-37-31(24-32)8-7-9-33(37)26-57(3)48(63)35-29-59(30-35)46-38-14-19-50-21-16-41(38)54-42-17-22-52-60(42)46/h4-13,17-18,22-24,34-35,40,50-51H,14-16,19-21,25-30H2,1-3H3,(H,56,62). The molecule has 2 fully saturated rings. The Kier molecular flexibility index (Phi) is 9.87. The third-order valence-electron chi connectivity index (χ3n) is 13.8. The van der Waals surface area contributed by atoms with Crippen molar-refractivity contribution >= 4 is 45.5 Å². The van der Waals surface area contributed by atoms with Crippen molar-refractivity contribution in [1.82, 2.24) is 50.0 Å². The van der Waals surface area contributed by atoms with E-state index < -0.39 is 5.54 Å². The Hall–Kier alpha value is -6.38. The Bertz CT molecular complexity index is 2870. The molecule has 4 aromatic heterocycles. The first kappa shape index (κ1) is 39.5. The van der Waals surface area contributed by atoms with Crippen molar-refractivity contribution in [1.29, 1.82) is 0 Å². The van der Waals surface area contributed by atoms with Crippen molar-refractivity contribution in [3.05, 3.63) is 130 Å². The number of carbonyl (C=O) groups is 2. The molecule has 0 aliphatic carbocycles. The Morgan fingerprint density at radius 3 is 2.22 bits per heavy atom. The Labute approximate surface area is 366 Å². The maximum absolute atomic E-state index is 14.0. The molecule has 1 unspecified atom stereocenters. The number of hydrogen-bond donors (Lipinski definition) is 3. The Balaban J connectivity index is 0.807. The first-order valence-electron chi connectivity index (χ1n) is 22.5. The van der Waals surface area contributed by atoms with E-state index in [1.807, 2.05) is 63.7 Å². The van der Waals surface area contributed by atoms with Crippen LogP contribution < -0.4 is 25.8 Å². The number of anilines is 2. The number of carbonyl (C=O) groups excluding carboxylic acids is 2. The Morgan fingerprint density at radius 2 is 1.44 bits per heavy atom. The summed E-state index contributed by atoms with van der Waals surface area (Å²) >= 11 is 0. The summed E-state index contributed by atoms with van der Waals surface area (Å²) in [7, 11) is 1.93. The average Bonchev–Trinajstić information content (AvgIpc) is 3.80. The van der Waals surface area contributed by atoms with E-state index in [0.29, 0.717) is 32.7 Å². The highest BCUT2D eigenvalue weighted by molar-refractivity contribution is 5.88. The average molecular weight is 843 g/mol. The van der Waals surface area contributed by atoms with E-state index in [-0.39, 0.29) is 29.6 Å². The summed E-state index contributed by atoms with van der Waals surface area (Å²) in [6.45, 7) is 10.6. The fourth-order valence-corrected chi connectivity index (χ4v) is 10.3. The summed E-state index contributed by atoms with van der Waals surface area (Å²) in [5.41, 5.74) is 9.22. The van der Waals surface area contributed by atoms with Crippen LogP contribution in [-0.4, -0.2) is 105 Å². The molecule has 3 N–H and O–H groups in total. The van der Waals surface area contributed by atoms with Crippen molar-refractivity contribution in [2.45, 2.75) is 51.1 Å². The van der Waals surface area contributed by atoms with Gasteiger partial charge in [0.15, 0.2) is 11.3 Å². The van der Waals surface area contributed by atoms with E-state index in [1.54, 1.807) is 0 Å². The predicted molar refractivity (Wildman–Crippen MR) is 244 cm³/mol. The largest absolute Gasteiger partial charge is 0.354 e. The fourth-order valence-electron chi connectivity index (χ4n) is 10.3. The van der Waals surface area contributed by atoms with Crippen molar-refractivity contribution in [2.24, 2.45) is 11.8 Å². The van der Waals surface area contributed by atoms with Crippen molar-refractivity contribution in [3.8, 4) is 0 Å². The number of hydrogen-bond acceptors (Lipinski definition) is 10. The van der Waals surface area contributed by atoms with E-state index in [4.69, 9.17) is 15.1 Å². The summed E-state index contributed by atoms with van der Waals surface area (Å²) in [5, 5.41) is 22.2. The molecule has 8 heterocycles. The van der Waals surface area contributed by atoms with Crippen LogP contribution in [0.4, 0.5) is 11.6 Å². The summed E-state index contributed by atoms with van der Waals surface area (Å²) in [4.78, 5) is 44.2. The highest BCUT2D eigenvalue weighted by atomic mass is 16.2. The number of benzene rings is 3. The van der Waals surface area contributed by atoms with Gasteiger partial charge in [0.2, 0.25) is 11.8 Å². The fraction of sp³-hybridized carbons (Fsp3) is 0.388. The molecule has 0 spiro atoms. The lowest BCUT2D eigenvalue weighted by Crippen LogP contribution is -2.57. The molecule has 4 aliphatic rings. The number of rotatable bonds is 9. The number of amides is 2. The molecule has 2 saturated heterocycles. The molecule has 11 rings (SSSR count). The maximum atomic E-state index is 14.0. The second-order valence-corrected chi connectivity index (χ2v) is 18.4. The molecule has 14 heteroatoms. The first-order valence-corrected chi connectivity index (χ1v) is 22.5. The van der Waals surface area contributed by atoms with Crippen LogP contribution >= 0.6 is 0 Å². The smallest absolute Gasteiger partial charge is 0.229 e. The van der Waals surface area contributed by atoms with E-state index in [2.05, 4.69) is 93.2 Å². The molecule has 0 radical (unpaired) electrons. The van der Waals surface area contributed by atoms with Gasteiger partial charge in [0, 0.05) is 88.5 Å². The molecule has 1 atom stereocenters. The van der Waals surface area contributed by atoms with Crippen molar-refractivity contribution in [2.75, 3.05) is 69.2 Å². The molecule has 322 valence electrons. The maximum Gasteiger partial charge on any atom is 0.229 e. The van der Waals surface area contributed by atoms with Crippen LogP contribution in [0.2, 0.25) is 0 Å². The summed E-state index contributed by atoms with van der Waals surface area (Å²) in [5.74, 6) is 2.17. The van der Waals surface area contributed by atoms with Crippen molar-refractivity contribution in [3.63, 3.8) is 0 Å². The number of fused-ring (bicyclic) bond motifs is 5. The van der Waals surface area contributed by atoms with Crippen LogP contribution in [0.5, 0.6) is 0 Å². The second-order valence-electron chi connectivity index (χ2n) is 18.4.